The van der Waals surface area contributed by atoms with Gasteiger partial charge in [0.05, 0.1) is 0 Å². The van der Waals surface area contributed by atoms with E-state index in [-0.39, 0.29) is 0 Å². The van der Waals surface area contributed by atoms with E-state index < -0.39 is 30.2 Å². The van der Waals surface area contributed by atoms with Crippen LogP contribution in [0.2, 0.25) is 0 Å². The van der Waals surface area contributed by atoms with Crippen LogP contribution in [-0.4, -0.2) is 30.2 Å². The molecular formula is C8H13ClF3NO3. The van der Waals surface area contributed by atoms with Gasteiger partial charge in [-0.15, -0.1) is 0 Å². The van der Waals surface area contributed by atoms with Gasteiger partial charge in [0.1, 0.15) is 6.04 Å². The molecule has 0 radical (unpaired) electrons. The van der Waals surface area contributed by atoms with Crippen molar-refractivity contribution in [1.29, 1.82) is 0 Å². The van der Waals surface area contributed by atoms with Gasteiger partial charge in [0.15, 0.2) is 6.61 Å². The van der Waals surface area contributed by atoms with Crippen molar-refractivity contribution in [3.63, 3.8) is 0 Å². The average Bonchev–Trinajstić information content (AvgIpc) is 2.16. The molecule has 0 saturated carbocycles. The first kappa shape index (κ1) is 17.4. The van der Waals surface area contributed by atoms with Crippen LogP contribution in [0.25, 0.3) is 0 Å². The number of carbonyl (C=O) groups is 2. The van der Waals surface area contributed by atoms with Crippen LogP contribution in [0.4, 0.5) is 18.0 Å². The molecule has 0 saturated heterocycles. The summed E-state index contributed by atoms with van der Waals surface area (Å²) in [4.78, 5) is 20.9. The highest BCUT2D eigenvalue weighted by molar-refractivity contribution is 6.64. The van der Waals surface area contributed by atoms with E-state index in [0.29, 0.717) is 0 Å². The fourth-order valence-electron chi connectivity index (χ4n) is 0.423. The molecule has 0 rings (SSSR count). The summed E-state index contributed by atoms with van der Waals surface area (Å²) in [6.07, 6.45) is -5.94. The monoisotopic (exact) mass is 263 g/mol. The number of carbonyl (C=O) groups excluding carboxylic acids is 2. The number of nitrogens with one attached hydrogen (secondary N) is 1. The van der Waals surface area contributed by atoms with Crippen molar-refractivity contribution in [1.82, 2.24) is 5.32 Å². The second kappa shape index (κ2) is 8.20. The summed E-state index contributed by atoms with van der Waals surface area (Å²) in [7, 11) is 0. The lowest BCUT2D eigenvalue weighted by Gasteiger charge is -2.11. The van der Waals surface area contributed by atoms with Crippen LogP contribution in [0, 0.1) is 0 Å². The smallest absolute Gasteiger partial charge is 0.422 e. The maximum atomic E-state index is 11.5. The van der Waals surface area contributed by atoms with Gasteiger partial charge in [-0.05, 0) is 18.5 Å². The Bertz CT molecular complexity index is 233. The molecule has 0 aliphatic rings. The van der Waals surface area contributed by atoms with Gasteiger partial charge >= 0.3 is 12.3 Å². The quantitative estimate of drug-likeness (QED) is 0.796. The summed E-state index contributed by atoms with van der Waals surface area (Å²) in [5.41, 5.74) is 0. The molecule has 0 fully saturated rings. The van der Waals surface area contributed by atoms with E-state index in [1.54, 1.807) is 0 Å². The molecule has 1 amide bonds. The van der Waals surface area contributed by atoms with Crippen LogP contribution in [0.1, 0.15) is 20.8 Å². The Morgan fingerprint density at radius 1 is 1.38 bits per heavy atom. The molecule has 16 heavy (non-hydrogen) atoms. The summed E-state index contributed by atoms with van der Waals surface area (Å²) in [5, 5.41) is 0.915. The zero-order valence-corrected chi connectivity index (χ0v) is 9.78. The summed E-state index contributed by atoms with van der Waals surface area (Å²) in [6, 6.07) is -1.09. The van der Waals surface area contributed by atoms with Crippen LogP contribution in [0.15, 0.2) is 0 Å². The highest BCUT2D eigenvalue weighted by Gasteiger charge is 2.30. The highest BCUT2D eigenvalue weighted by Crippen LogP contribution is 2.14. The molecule has 0 bridgehead atoms. The molecule has 0 aliphatic carbocycles. The van der Waals surface area contributed by atoms with Gasteiger partial charge in [-0.25, -0.2) is 4.79 Å². The number of ether oxygens (including phenoxy) is 1. The van der Waals surface area contributed by atoms with Gasteiger partial charge in [-0.2, -0.15) is 13.2 Å². The number of amides is 1. The minimum atomic E-state index is -4.59. The van der Waals surface area contributed by atoms with Crippen molar-refractivity contribution >= 4 is 22.9 Å². The van der Waals surface area contributed by atoms with Crippen molar-refractivity contribution in [2.45, 2.75) is 33.0 Å². The number of hydrogen-bond acceptors (Lipinski definition) is 3. The lowest BCUT2D eigenvalue weighted by atomic mass is 10.4. The van der Waals surface area contributed by atoms with Gasteiger partial charge in [-0.1, -0.05) is 13.8 Å². The summed E-state index contributed by atoms with van der Waals surface area (Å²) >= 11 is 4.93. The maximum absolute atomic E-state index is 11.5. The summed E-state index contributed by atoms with van der Waals surface area (Å²) in [5.74, 6) is 0. The van der Waals surface area contributed by atoms with Gasteiger partial charge in [0, 0.05) is 0 Å². The SMILES string of the molecule is CC.C[C@H](NC(=O)OCC(F)(F)F)C(=O)Cl. The Balaban J connectivity index is 0. The van der Waals surface area contributed by atoms with Crippen molar-refractivity contribution in [3.05, 3.63) is 0 Å². The van der Waals surface area contributed by atoms with Gasteiger partial charge in [-0.3, -0.25) is 4.79 Å². The van der Waals surface area contributed by atoms with E-state index in [1.807, 2.05) is 19.2 Å². The molecule has 4 nitrogen and oxygen atoms in total. The molecule has 0 heterocycles. The second-order valence-corrected chi connectivity index (χ2v) is 2.73. The third kappa shape index (κ3) is 11.1. The number of rotatable bonds is 3. The van der Waals surface area contributed by atoms with E-state index in [1.165, 1.54) is 6.92 Å². The Kier molecular flexibility index (Phi) is 8.93. The number of halogens is 4. The zero-order chi connectivity index (χ0) is 13.4. The van der Waals surface area contributed by atoms with E-state index in [0.717, 1.165) is 0 Å². The van der Waals surface area contributed by atoms with Crippen LogP contribution in [0.3, 0.4) is 0 Å². The topological polar surface area (TPSA) is 55.4 Å². The van der Waals surface area contributed by atoms with Crippen LogP contribution >= 0.6 is 11.6 Å². The lowest BCUT2D eigenvalue weighted by molar-refractivity contribution is -0.160. The maximum Gasteiger partial charge on any atom is 0.422 e. The van der Waals surface area contributed by atoms with Crippen LogP contribution in [-0.2, 0) is 9.53 Å². The Morgan fingerprint density at radius 2 is 1.81 bits per heavy atom. The van der Waals surface area contributed by atoms with E-state index in [9.17, 15) is 22.8 Å². The fraction of sp³-hybridized carbons (Fsp3) is 0.750. The highest BCUT2D eigenvalue weighted by atomic mass is 35.5. The lowest BCUT2D eigenvalue weighted by Crippen LogP contribution is -2.38. The minimum absolute atomic E-state index is 0.894. The van der Waals surface area contributed by atoms with Crippen LogP contribution < -0.4 is 5.32 Å². The first-order valence-electron chi connectivity index (χ1n) is 4.42. The van der Waals surface area contributed by atoms with Crippen molar-refractivity contribution < 1.29 is 27.5 Å². The van der Waals surface area contributed by atoms with E-state index in [2.05, 4.69) is 4.74 Å². The molecule has 0 spiro atoms. The molecule has 1 atom stereocenters. The average molecular weight is 264 g/mol. The molecular weight excluding hydrogens is 251 g/mol. The molecule has 0 aliphatic heterocycles. The standard InChI is InChI=1S/C6H7ClF3NO3.C2H6/c1-3(4(7)12)11-5(13)14-2-6(8,9)10;1-2/h3H,2H2,1H3,(H,11,13);1-2H3/t3-;/m0./s1. The summed E-state index contributed by atoms with van der Waals surface area (Å²) < 4.78 is 38.3. The predicted molar refractivity (Wildman–Crippen MR) is 52.2 cm³/mol. The van der Waals surface area contributed by atoms with Gasteiger partial charge in [0.25, 0.3) is 0 Å². The third-order valence-electron chi connectivity index (χ3n) is 1.04. The predicted octanol–water partition coefficient (Wildman–Crippen LogP) is 2.46. The van der Waals surface area contributed by atoms with E-state index >= 15 is 0 Å². The number of alkyl halides is 3. The summed E-state index contributed by atoms with van der Waals surface area (Å²) in [6.45, 7) is 3.51. The Labute approximate surface area is 96.1 Å². The first-order chi connectivity index (χ1) is 7.22. The first-order valence-corrected chi connectivity index (χ1v) is 4.79. The van der Waals surface area contributed by atoms with Gasteiger partial charge < -0.3 is 10.1 Å². The number of alkyl carbamates (subject to hydrolysis) is 1. The molecule has 0 unspecified atom stereocenters. The van der Waals surface area contributed by atoms with Crippen molar-refractivity contribution in [3.8, 4) is 0 Å². The molecule has 1 N–H and O–H groups in total. The van der Waals surface area contributed by atoms with Gasteiger partial charge in [0.2, 0.25) is 5.24 Å². The van der Waals surface area contributed by atoms with E-state index in [4.69, 9.17) is 11.6 Å². The van der Waals surface area contributed by atoms with Crippen molar-refractivity contribution in [2.24, 2.45) is 0 Å². The van der Waals surface area contributed by atoms with Crippen LogP contribution in [0.5, 0.6) is 0 Å². The largest absolute Gasteiger partial charge is 0.440 e. The fourth-order valence-corrected chi connectivity index (χ4v) is 0.477. The molecule has 0 aromatic carbocycles. The molecule has 0 aromatic rings. The number of hydrogen-bond donors (Lipinski definition) is 1. The normalized spacial score (nSPS) is 11.9. The molecule has 8 heteroatoms. The Morgan fingerprint density at radius 3 is 2.12 bits per heavy atom. The zero-order valence-electron chi connectivity index (χ0n) is 9.02. The minimum Gasteiger partial charge on any atom is -0.440 e. The molecule has 96 valence electrons. The third-order valence-corrected chi connectivity index (χ3v) is 1.37. The Hall–Kier alpha value is -0.980. The second-order valence-electron chi connectivity index (χ2n) is 2.36. The molecule has 0 aromatic heterocycles. The van der Waals surface area contributed by atoms with Crippen molar-refractivity contribution in [2.75, 3.05) is 6.61 Å².